The number of anilines is 1. The minimum absolute atomic E-state index is 0.212. The summed E-state index contributed by atoms with van der Waals surface area (Å²) in [5.74, 6) is -0.754. The van der Waals surface area contributed by atoms with Crippen LogP contribution in [0.1, 0.15) is 0 Å². The third kappa shape index (κ3) is 2.66. The molecule has 0 aliphatic heterocycles. The van der Waals surface area contributed by atoms with Crippen molar-refractivity contribution in [2.75, 3.05) is 12.4 Å². The van der Waals surface area contributed by atoms with E-state index in [1.807, 2.05) is 0 Å². The van der Waals surface area contributed by atoms with Crippen LogP contribution >= 0.6 is 0 Å². The second kappa shape index (κ2) is 4.73. The van der Waals surface area contributed by atoms with E-state index in [4.69, 9.17) is 4.74 Å². The van der Waals surface area contributed by atoms with Crippen molar-refractivity contribution in [3.05, 3.63) is 42.1 Å². The molecule has 17 heavy (non-hydrogen) atoms. The largest absolute Gasteiger partial charge is 0.436 e. The lowest BCUT2D eigenvalue weighted by atomic mass is 10.3. The second-order valence-electron chi connectivity index (χ2n) is 3.15. The number of rotatable bonds is 3. The molecule has 0 radical (unpaired) electrons. The summed E-state index contributed by atoms with van der Waals surface area (Å²) >= 11 is 0. The number of hydrogen-bond donors (Lipinski definition) is 1. The molecule has 0 aliphatic carbocycles. The minimum atomic E-state index is -0.687. The maximum Gasteiger partial charge on any atom is 0.260 e. The van der Waals surface area contributed by atoms with Crippen LogP contribution in [-0.2, 0) is 0 Å². The number of nitrogens with one attached hydrogen (secondary N) is 1. The van der Waals surface area contributed by atoms with Gasteiger partial charge in [0, 0.05) is 7.05 Å². The normalized spacial score (nSPS) is 10.1. The van der Waals surface area contributed by atoms with E-state index in [2.05, 4.69) is 15.3 Å². The zero-order chi connectivity index (χ0) is 12.3. The Morgan fingerprint density at radius 3 is 2.53 bits per heavy atom. The number of hydrogen-bond acceptors (Lipinski definition) is 4. The Balaban J connectivity index is 2.25. The third-order valence-corrected chi connectivity index (χ3v) is 1.96. The summed E-state index contributed by atoms with van der Waals surface area (Å²) in [5.41, 5.74) is 0. The van der Waals surface area contributed by atoms with Crippen molar-refractivity contribution in [1.29, 1.82) is 0 Å². The van der Waals surface area contributed by atoms with Crippen LogP contribution in [0.4, 0.5) is 14.7 Å². The van der Waals surface area contributed by atoms with Crippen LogP contribution in [0.5, 0.6) is 11.6 Å². The van der Waals surface area contributed by atoms with Gasteiger partial charge in [-0.2, -0.15) is 9.37 Å². The van der Waals surface area contributed by atoms with Crippen LogP contribution < -0.4 is 10.1 Å². The summed E-state index contributed by atoms with van der Waals surface area (Å²) < 4.78 is 31.2. The monoisotopic (exact) mass is 237 g/mol. The number of aromatic nitrogens is 2. The zero-order valence-electron chi connectivity index (χ0n) is 8.95. The summed E-state index contributed by atoms with van der Waals surface area (Å²) in [4.78, 5) is 7.47. The van der Waals surface area contributed by atoms with Crippen LogP contribution in [0, 0.1) is 11.6 Å². The van der Waals surface area contributed by atoms with E-state index in [-0.39, 0.29) is 11.8 Å². The van der Waals surface area contributed by atoms with Gasteiger partial charge in [-0.3, -0.25) is 0 Å². The number of benzene rings is 1. The Hall–Kier alpha value is -2.24. The molecule has 1 aromatic heterocycles. The van der Waals surface area contributed by atoms with Gasteiger partial charge in [0.15, 0.2) is 0 Å². The van der Waals surface area contributed by atoms with E-state index < -0.39 is 11.6 Å². The molecule has 4 nitrogen and oxygen atoms in total. The van der Waals surface area contributed by atoms with Gasteiger partial charge in [-0.15, -0.1) is 0 Å². The molecule has 2 rings (SSSR count). The van der Waals surface area contributed by atoms with Crippen molar-refractivity contribution in [3.63, 3.8) is 0 Å². The Kier molecular flexibility index (Phi) is 3.13. The van der Waals surface area contributed by atoms with E-state index >= 15 is 0 Å². The first-order valence-corrected chi connectivity index (χ1v) is 4.83. The maximum atomic E-state index is 13.3. The van der Waals surface area contributed by atoms with Crippen LogP contribution in [0.15, 0.2) is 30.5 Å². The first-order chi connectivity index (χ1) is 8.19. The molecule has 0 unspecified atom stereocenters. The summed E-state index contributed by atoms with van der Waals surface area (Å²) in [6, 6.07) is 5.20. The molecule has 0 aliphatic rings. The quantitative estimate of drug-likeness (QED) is 0.891. The summed E-state index contributed by atoms with van der Waals surface area (Å²) in [5, 5.41) is 2.66. The fraction of sp³-hybridized carbons (Fsp3) is 0.0909. The summed E-state index contributed by atoms with van der Waals surface area (Å²) in [6.45, 7) is 0. The van der Waals surface area contributed by atoms with E-state index in [1.54, 1.807) is 7.05 Å². The van der Waals surface area contributed by atoms with Crippen molar-refractivity contribution < 1.29 is 13.5 Å². The Morgan fingerprint density at radius 1 is 1.18 bits per heavy atom. The molecular formula is C11H9F2N3O. The van der Waals surface area contributed by atoms with Gasteiger partial charge in [-0.1, -0.05) is 0 Å². The second-order valence-corrected chi connectivity index (χ2v) is 3.15. The van der Waals surface area contributed by atoms with Crippen molar-refractivity contribution >= 4 is 5.95 Å². The van der Waals surface area contributed by atoms with E-state index in [9.17, 15) is 8.78 Å². The number of halogens is 2. The fourth-order valence-electron chi connectivity index (χ4n) is 1.16. The van der Waals surface area contributed by atoms with Gasteiger partial charge in [0.25, 0.3) is 5.88 Å². The van der Waals surface area contributed by atoms with Gasteiger partial charge in [-0.05, 0) is 24.3 Å². The SMILES string of the molecule is CNc1ncc(F)c(Oc2ccc(F)cc2)n1. The lowest BCUT2D eigenvalue weighted by Gasteiger charge is -2.06. The molecule has 0 saturated heterocycles. The molecule has 0 saturated carbocycles. The Morgan fingerprint density at radius 2 is 1.88 bits per heavy atom. The van der Waals surface area contributed by atoms with Gasteiger partial charge in [0.05, 0.1) is 6.20 Å². The lowest BCUT2D eigenvalue weighted by molar-refractivity contribution is 0.420. The van der Waals surface area contributed by atoms with E-state index in [0.29, 0.717) is 5.75 Å². The van der Waals surface area contributed by atoms with Crippen LogP contribution in [-0.4, -0.2) is 17.0 Å². The smallest absolute Gasteiger partial charge is 0.260 e. The zero-order valence-corrected chi connectivity index (χ0v) is 8.95. The minimum Gasteiger partial charge on any atom is -0.436 e. The number of ether oxygens (including phenoxy) is 1. The van der Waals surface area contributed by atoms with Gasteiger partial charge >= 0.3 is 0 Å². The predicted molar refractivity (Wildman–Crippen MR) is 58.0 cm³/mol. The van der Waals surface area contributed by atoms with E-state index in [0.717, 1.165) is 6.20 Å². The highest BCUT2D eigenvalue weighted by atomic mass is 19.1. The molecule has 1 aromatic carbocycles. The van der Waals surface area contributed by atoms with Crippen LogP contribution in [0.3, 0.4) is 0 Å². The lowest BCUT2D eigenvalue weighted by Crippen LogP contribution is -2.00. The average molecular weight is 237 g/mol. The van der Waals surface area contributed by atoms with E-state index in [1.165, 1.54) is 24.3 Å². The molecule has 1 N–H and O–H groups in total. The first-order valence-electron chi connectivity index (χ1n) is 4.83. The highest BCUT2D eigenvalue weighted by Gasteiger charge is 2.08. The molecule has 0 bridgehead atoms. The molecule has 0 amide bonds. The molecular weight excluding hydrogens is 228 g/mol. The molecule has 1 heterocycles. The van der Waals surface area contributed by atoms with Gasteiger partial charge in [-0.25, -0.2) is 9.37 Å². The topological polar surface area (TPSA) is 47.0 Å². The first kappa shape index (κ1) is 11.3. The fourth-order valence-corrected chi connectivity index (χ4v) is 1.16. The molecule has 0 atom stereocenters. The number of nitrogens with zero attached hydrogens (tertiary/aromatic N) is 2. The summed E-state index contributed by atoms with van der Waals surface area (Å²) in [7, 11) is 1.61. The highest BCUT2D eigenvalue weighted by Crippen LogP contribution is 2.22. The summed E-state index contributed by atoms with van der Waals surface area (Å²) in [6.07, 6.45) is 0.998. The van der Waals surface area contributed by atoms with Crippen molar-refractivity contribution in [2.45, 2.75) is 0 Å². The molecule has 0 spiro atoms. The van der Waals surface area contributed by atoms with Crippen LogP contribution in [0.2, 0.25) is 0 Å². The Labute approximate surface area is 96.3 Å². The van der Waals surface area contributed by atoms with Crippen molar-refractivity contribution in [3.8, 4) is 11.6 Å². The maximum absolute atomic E-state index is 13.3. The van der Waals surface area contributed by atoms with Gasteiger partial charge in [0.1, 0.15) is 11.6 Å². The molecule has 88 valence electrons. The molecule has 2 aromatic rings. The standard InChI is InChI=1S/C11H9F2N3O/c1-14-11-15-6-9(13)10(16-11)17-8-4-2-7(12)3-5-8/h2-6H,1H3,(H,14,15,16). The molecule has 0 fully saturated rings. The predicted octanol–water partition coefficient (Wildman–Crippen LogP) is 2.59. The average Bonchev–Trinajstić information content (AvgIpc) is 2.35. The van der Waals surface area contributed by atoms with Crippen molar-refractivity contribution in [1.82, 2.24) is 9.97 Å². The van der Waals surface area contributed by atoms with Crippen LogP contribution in [0.25, 0.3) is 0 Å². The molecule has 6 heteroatoms. The highest BCUT2D eigenvalue weighted by molar-refractivity contribution is 5.31. The van der Waals surface area contributed by atoms with Gasteiger partial charge < -0.3 is 10.1 Å². The van der Waals surface area contributed by atoms with Crippen molar-refractivity contribution in [2.24, 2.45) is 0 Å². The third-order valence-electron chi connectivity index (χ3n) is 1.96. The van der Waals surface area contributed by atoms with Gasteiger partial charge in [0.2, 0.25) is 11.8 Å². The Bertz CT molecular complexity index is 517.